The number of para-hydroxylation sites is 5. The fourth-order valence-corrected chi connectivity index (χ4v) is 12.5. The van der Waals surface area contributed by atoms with Gasteiger partial charge in [-0.2, -0.15) is 0 Å². The molecule has 0 amide bonds. The minimum atomic E-state index is 0.612. The highest BCUT2D eigenvalue weighted by Gasteiger charge is 2.27. The molecule has 0 aliphatic carbocycles. The van der Waals surface area contributed by atoms with Gasteiger partial charge in [0.05, 0.1) is 44.1 Å². The van der Waals surface area contributed by atoms with E-state index >= 15 is 0 Å². The molecule has 7 nitrogen and oxygen atoms in total. The topological polar surface area (TPSA) is 58.4 Å². The lowest BCUT2D eigenvalue weighted by Gasteiger charge is -2.12. The number of rotatable bonds is 7. The second-order valence-electron chi connectivity index (χ2n) is 20.0. The lowest BCUT2D eigenvalue weighted by molar-refractivity contribution is 1.08. The van der Waals surface area contributed by atoms with Crippen molar-refractivity contribution in [3.63, 3.8) is 0 Å². The number of hydrogen-bond acceptors (Lipinski definition) is 3. The summed E-state index contributed by atoms with van der Waals surface area (Å²) in [5.41, 5.74) is 17.5. The van der Waals surface area contributed by atoms with Crippen molar-refractivity contribution in [1.82, 2.24) is 33.2 Å². The summed E-state index contributed by atoms with van der Waals surface area (Å²) in [6, 6.07) is 91.2. The van der Waals surface area contributed by atoms with Crippen molar-refractivity contribution in [2.24, 2.45) is 0 Å². The van der Waals surface area contributed by atoms with Gasteiger partial charge in [0.2, 0.25) is 0 Å². The molecule has 360 valence electrons. The zero-order chi connectivity index (χ0) is 50.7. The fourth-order valence-electron chi connectivity index (χ4n) is 12.5. The number of fused-ring (bicyclic) bond motifs is 14. The normalized spacial score (nSPS) is 12.0. The molecule has 11 aromatic carbocycles. The average Bonchev–Trinajstić information content (AvgIpc) is 4.30. The summed E-state index contributed by atoms with van der Waals surface area (Å²) in [6.07, 6.45) is 0. The van der Waals surface area contributed by atoms with Gasteiger partial charge in [-0.1, -0.05) is 170 Å². The summed E-state index contributed by atoms with van der Waals surface area (Å²) in [4.78, 5) is 15.8. The lowest BCUT2D eigenvalue weighted by atomic mass is 10.00. The highest BCUT2D eigenvalue weighted by molar-refractivity contribution is 6.30. The first-order chi connectivity index (χ1) is 38.2. The van der Waals surface area contributed by atoms with Gasteiger partial charge in [0.25, 0.3) is 0 Å². The second kappa shape index (κ2) is 16.8. The monoisotopic (exact) mass is 983 g/mol. The molecule has 0 aliphatic heterocycles. The molecular formula is C70H45N7. The molecule has 7 heteroatoms. The SMILES string of the molecule is Cc1cc2c(c3c(-c4nc(-c5ccccc5)nc(-c5ccccc5)n4)cccc3n2-c2ccccc2)c2c1c1cc(-n3c4ccccc4c4c3ccc3c5ccccc5n(-c5ccccc5)c34)ccc1n2-c1ccccc1. The minimum absolute atomic E-state index is 0.612. The third kappa shape index (κ3) is 6.41. The average molecular weight is 984 g/mol. The van der Waals surface area contributed by atoms with Crippen LogP contribution in [0.2, 0.25) is 0 Å². The van der Waals surface area contributed by atoms with E-state index in [0.717, 1.165) is 83.3 Å². The Morgan fingerprint density at radius 3 is 1.36 bits per heavy atom. The van der Waals surface area contributed by atoms with Crippen molar-refractivity contribution in [1.29, 1.82) is 0 Å². The van der Waals surface area contributed by atoms with Gasteiger partial charge in [0, 0.05) is 82.5 Å². The van der Waals surface area contributed by atoms with Gasteiger partial charge in [-0.15, -0.1) is 0 Å². The Kier molecular flexibility index (Phi) is 9.41. The third-order valence-corrected chi connectivity index (χ3v) is 15.7. The van der Waals surface area contributed by atoms with E-state index in [2.05, 4.69) is 244 Å². The molecular weight excluding hydrogens is 939 g/mol. The van der Waals surface area contributed by atoms with Crippen molar-refractivity contribution in [3.8, 4) is 56.9 Å². The van der Waals surface area contributed by atoms with E-state index in [9.17, 15) is 0 Å². The molecule has 0 N–H and O–H groups in total. The maximum atomic E-state index is 5.36. The molecule has 0 atom stereocenters. The van der Waals surface area contributed by atoms with Gasteiger partial charge in [-0.05, 0) is 97.4 Å². The van der Waals surface area contributed by atoms with Gasteiger partial charge < -0.3 is 18.3 Å². The van der Waals surface area contributed by atoms with Crippen LogP contribution in [0.1, 0.15) is 5.56 Å². The fraction of sp³-hybridized carbons (Fsp3) is 0.0143. The van der Waals surface area contributed by atoms with Crippen LogP contribution in [-0.4, -0.2) is 33.2 Å². The molecule has 0 saturated heterocycles. The Labute approximate surface area is 442 Å². The summed E-state index contributed by atoms with van der Waals surface area (Å²) in [6.45, 7) is 2.28. The Morgan fingerprint density at radius 2 is 0.727 bits per heavy atom. The minimum Gasteiger partial charge on any atom is -0.309 e. The summed E-state index contributed by atoms with van der Waals surface area (Å²) < 4.78 is 9.84. The first-order valence-electron chi connectivity index (χ1n) is 26.2. The smallest absolute Gasteiger partial charge is 0.164 e. The van der Waals surface area contributed by atoms with Crippen LogP contribution in [0.4, 0.5) is 0 Å². The Balaban J connectivity index is 1.03. The molecule has 16 rings (SSSR count). The Morgan fingerprint density at radius 1 is 0.260 bits per heavy atom. The van der Waals surface area contributed by atoms with Gasteiger partial charge in [0.15, 0.2) is 17.5 Å². The van der Waals surface area contributed by atoms with Crippen LogP contribution in [-0.2, 0) is 0 Å². The largest absolute Gasteiger partial charge is 0.309 e. The maximum absolute atomic E-state index is 5.36. The van der Waals surface area contributed by atoms with Crippen LogP contribution >= 0.6 is 0 Å². The van der Waals surface area contributed by atoms with E-state index in [4.69, 9.17) is 15.0 Å². The zero-order valence-corrected chi connectivity index (χ0v) is 41.9. The molecule has 0 aliphatic rings. The van der Waals surface area contributed by atoms with Crippen LogP contribution < -0.4 is 0 Å². The first-order valence-corrected chi connectivity index (χ1v) is 26.2. The predicted molar refractivity (Wildman–Crippen MR) is 318 cm³/mol. The molecule has 0 spiro atoms. The van der Waals surface area contributed by atoms with E-state index in [1.165, 1.54) is 48.9 Å². The molecule has 0 saturated carbocycles. The molecule has 5 heterocycles. The Bertz CT molecular complexity index is 4960. The van der Waals surface area contributed by atoms with Gasteiger partial charge in [-0.3, -0.25) is 0 Å². The second-order valence-corrected chi connectivity index (χ2v) is 20.0. The van der Waals surface area contributed by atoms with Crippen LogP contribution in [0, 0.1) is 6.92 Å². The van der Waals surface area contributed by atoms with Crippen molar-refractivity contribution in [2.75, 3.05) is 0 Å². The Hall–Kier alpha value is -10.4. The van der Waals surface area contributed by atoms with Crippen LogP contribution in [0.25, 0.3) is 144 Å². The van der Waals surface area contributed by atoms with E-state index < -0.39 is 0 Å². The van der Waals surface area contributed by atoms with E-state index in [1.54, 1.807) is 0 Å². The molecule has 0 radical (unpaired) electrons. The van der Waals surface area contributed by atoms with Crippen molar-refractivity contribution in [3.05, 3.63) is 260 Å². The molecule has 16 aromatic rings. The lowest BCUT2D eigenvalue weighted by Crippen LogP contribution is -2.00. The van der Waals surface area contributed by atoms with Crippen LogP contribution in [0.5, 0.6) is 0 Å². The number of nitrogens with zero attached hydrogens (tertiary/aromatic N) is 7. The summed E-state index contributed by atoms with van der Waals surface area (Å²) in [7, 11) is 0. The highest BCUT2D eigenvalue weighted by Crippen LogP contribution is 2.48. The molecule has 0 unspecified atom stereocenters. The summed E-state index contributed by atoms with van der Waals surface area (Å²) >= 11 is 0. The van der Waals surface area contributed by atoms with Crippen molar-refractivity contribution in [2.45, 2.75) is 6.92 Å². The molecule has 5 aromatic heterocycles. The summed E-state index contributed by atoms with van der Waals surface area (Å²) in [5, 5.41) is 9.47. The number of aryl methyl sites for hydroxylation is 1. The van der Waals surface area contributed by atoms with Gasteiger partial charge in [-0.25, -0.2) is 15.0 Å². The predicted octanol–water partition coefficient (Wildman–Crippen LogP) is 17.6. The van der Waals surface area contributed by atoms with E-state index in [1.807, 2.05) is 36.4 Å². The number of benzene rings is 11. The van der Waals surface area contributed by atoms with Crippen LogP contribution in [0.3, 0.4) is 0 Å². The zero-order valence-electron chi connectivity index (χ0n) is 41.9. The van der Waals surface area contributed by atoms with E-state index in [0.29, 0.717) is 17.5 Å². The van der Waals surface area contributed by atoms with Gasteiger partial charge >= 0.3 is 0 Å². The maximum Gasteiger partial charge on any atom is 0.164 e. The van der Waals surface area contributed by atoms with E-state index in [-0.39, 0.29) is 0 Å². The standard InChI is InChI=1S/C70H45N7/c1-44-42-61-65(63-54(34-21-37-59(63)74(61)47-26-11-4-12-27-47)70-72-68(45-22-7-2-8-23-45)71-69(73-70)46-24-9-3-10-25-46)67-62(44)55-43-50(38-40-58(55)77(67)49-30-15-6-16-31-49)75-57-36-20-18-33-53(57)64-60(75)41-39-52-51-32-17-19-35-56(51)76(66(52)64)48-28-13-5-14-29-48/h2-43H,1H3. The molecule has 0 bridgehead atoms. The van der Waals surface area contributed by atoms with Crippen LogP contribution in [0.15, 0.2) is 255 Å². The summed E-state index contributed by atoms with van der Waals surface area (Å²) in [5.74, 6) is 1.86. The van der Waals surface area contributed by atoms with Crippen molar-refractivity contribution < 1.29 is 0 Å². The number of aromatic nitrogens is 7. The molecule has 77 heavy (non-hydrogen) atoms. The quantitative estimate of drug-likeness (QED) is 0.160. The van der Waals surface area contributed by atoms with Crippen molar-refractivity contribution >= 4 is 87.2 Å². The van der Waals surface area contributed by atoms with Gasteiger partial charge in [0.1, 0.15) is 0 Å². The molecule has 0 fully saturated rings. The third-order valence-electron chi connectivity index (χ3n) is 15.7. The highest BCUT2D eigenvalue weighted by atomic mass is 15.1. The number of hydrogen-bond donors (Lipinski definition) is 0. The first kappa shape index (κ1) is 43.1.